The molecule has 1 atom stereocenters. The van der Waals surface area contributed by atoms with E-state index in [9.17, 15) is 14.7 Å². The molecule has 13 heavy (non-hydrogen) atoms. The number of rotatable bonds is 2. The van der Waals surface area contributed by atoms with Crippen LogP contribution in [0.3, 0.4) is 0 Å². The van der Waals surface area contributed by atoms with Crippen LogP contribution in [0, 0.1) is 0 Å². The van der Waals surface area contributed by atoms with Gasteiger partial charge in [-0.15, -0.1) is 0 Å². The van der Waals surface area contributed by atoms with Gasteiger partial charge in [0.15, 0.2) is 5.60 Å². The standard InChI is InChI=1S/C8H10N2O3/c9-6(11)5-2-1-3-8(13,4-5)7(10)12/h1-3,13H,4H2,(H2,9,11)(H2,10,12). The zero-order valence-corrected chi connectivity index (χ0v) is 6.86. The first-order chi connectivity index (χ1) is 5.96. The van der Waals surface area contributed by atoms with Crippen LogP contribution < -0.4 is 11.5 Å². The fraction of sp³-hybridized carbons (Fsp3) is 0.250. The van der Waals surface area contributed by atoms with Crippen LogP contribution in [-0.4, -0.2) is 22.5 Å². The molecule has 0 spiro atoms. The molecule has 70 valence electrons. The Morgan fingerprint density at radius 1 is 1.46 bits per heavy atom. The number of nitrogens with two attached hydrogens (primary N) is 2. The van der Waals surface area contributed by atoms with Crippen molar-refractivity contribution in [2.24, 2.45) is 11.5 Å². The van der Waals surface area contributed by atoms with E-state index in [4.69, 9.17) is 11.5 Å². The fourth-order valence-corrected chi connectivity index (χ4v) is 1.07. The maximum absolute atomic E-state index is 10.8. The Balaban J connectivity index is 2.92. The molecule has 2 amide bonds. The molecule has 1 rings (SSSR count). The number of carbonyl (C=O) groups excluding carboxylic acids is 2. The molecule has 5 N–H and O–H groups in total. The van der Waals surface area contributed by atoms with E-state index in [1.54, 1.807) is 0 Å². The van der Waals surface area contributed by atoms with Crippen molar-refractivity contribution < 1.29 is 14.7 Å². The van der Waals surface area contributed by atoms with Gasteiger partial charge in [0.2, 0.25) is 5.91 Å². The van der Waals surface area contributed by atoms with Gasteiger partial charge in [-0.3, -0.25) is 9.59 Å². The lowest BCUT2D eigenvalue weighted by atomic mass is 9.89. The van der Waals surface area contributed by atoms with Crippen LogP contribution in [-0.2, 0) is 9.59 Å². The molecule has 0 bridgehead atoms. The van der Waals surface area contributed by atoms with Crippen LogP contribution in [0.15, 0.2) is 23.8 Å². The summed E-state index contributed by atoms with van der Waals surface area (Å²) in [6.45, 7) is 0. The van der Waals surface area contributed by atoms with Crippen molar-refractivity contribution >= 4 is 11.8 Å². The molecule has 0 aromatic heterocycles. The molecule has 0 saturated heterocycles. The Kier molecular flexibility index (Phi) is 2.20. The quantitative estimate of drug-likeness (QED) is 0.487. The van der Waals surface area contributed by atoms with Crippen LogP contribution in [0.25, 0.3) is 0 Å². The second-order valence-electron chi connectivity index (χ2n) is 2.88. The number of hydrogen-bond donors (Lipinski definition) is 3. The summed E-state index contributed by atoms with van der Waals surface area (Å²) in [5, 5.41) is 9.56. The lowest BCUT2D eigenvalue weighted by molar-refractivity contribution is -0.132. The van der Waals surface area contributed by atoms with Crippen molar-refractivity contribution in [3.63, 3.8) is 0 Å². The van der Waals surface area contributed by atoms with Crippen LogP contribution in [0.4, 0.5) is 0 Å². The van der Waals surface area contributed by atoms with Crippen molar-refractivity contribution in [2.45, 2.75) is 12.0 Å². The normalized spacial score (nSPS) is 26.7. The Hall–Kier alpha value is -1.62. The average molecular weight is 182 g/mol. The molecule has 1 aliphatic rings. The third-order valence-electron chi connectivity index (χ3n) is 1.87. The van der Waals surface area contributed by atoms with E-state index in [2.05, 4.69) is 0 Å². The summed E-state index contributed by atoms with van der Waals surface area (Å²) in [6.07, 6.45) is 3.91. The summed E-state index contributed by atoms with van der Waals surface area (Å²) in [5.74, 6) is -1.56. The SMILES string of the molecule is NC(=O)C1=CC=CC(O)(C(N)=O)C1. The van der Waals surface area contributed by atoms with Crippen molar-refractivity contribution in [1.82, 2.24) is 0 Å². The number of amides is 2. The highest BCUT2D eigenvalue weighted by Crippen LogP contribution is 2.22. The molecular formula is C8H10N2O3. The van der Waals surface area contributed by atoms with Gasteiger partial charge in [0.25, 0.3) is 5.91 Å². The summed E-state index contributed by atoms with van der Waals surface area (Å²) in [4.78, 5) is 21.5. The van der Waals surface area contributed by atoms with Gasteiger partial charge < -0.3 is 16.6 Å². The largest absolute Gasteiger partial charge is 0.376 e. The Morgan fingerprint density at radius 2 is 2.08 bits per heavy atom. The van der Waals surface area contributed by atoms with Crippen molar-refractivity contribution in [3.8, 4) is 0 Å². The van der Waals surface area contributed by atoms with E-state index < -0.39 is 17.4 Å². The molecule has 0 aliphatic heterocycles. The molecule has 0 aromatic carbocycles. The van der Waals surface area contributed by atoms with Crippen LogP contribution in [0.1, 0.15) is 6.42 Å². The van der Waals surface area contributed by atoms with Gasteiger partial charge in [-0.1, -0.05) is 12.2 Å². The number of aliphatic hydroxyl groups is 1. The Morgan fingerprint density at radius 3 is 2.54 bits per heavy atom. The Bertz CT molecular complexity index is 319. The maximum Gasteiger partial charge on any atom is 0.253 e. The molecule has 0 heterocycles. The smallest absolute Gasteiger partial charge is 0.253 e. The maximum atomic E-state index is 10.8. The van der Waals surface area contributed by atoms with Crippen molar-refractivity contribution in [2.75, 3.05) is 0 Å². The molecule has 0 radical (unpaired) electrons. The van der Waals surface area contributed by atoms with Crippen molar-refractivity contribution in [3.05, 3.63) is 23.8 Å². The summed E-state index contributed by atoms with van der Waals surface area (Å²) < 4.78 is 0. The third kappa shape index (κ3) is 1.75. The number of hydrogen-bond acceptors (Lipinski definition) is 3. The van der Waals surface area contributed by atoms with Gasteiger partial charge in [-0.2, -0.15) is 0 Å². The van der Waals surface area contributed by atoms with E-state index in [0.717, 1.165) is 0 Å². The van der Waals surface area contributed by atoms with E-state index in [1.807, 2.05) is 0 Å². The molecule has 0 saturated carbocycles. The van der Waals surface area contributed by atoms with Gasteiger partial charge in [0, 0.05) is 12.0 Å². The zero-order chi connectivity index (χ0) is 10.1. The highest BCUT2D eigenvalue weighted by Gasteiger charge is 2.34. The molecule has 0 aromatic rings. The molecule has 5 heteroatoms. The molecular weight excluding hydrogens is 172 g/mol. The monoisotopic (exact) mass is 182 g/mol. The first-order valence-electron chi connectivity index (χ1n) is 3.66. The molecule has 0 fully saturated rings. The Labute approximate surface area is 74.7 Å². The topological polar surface area (TPSA) is 106 Å². The number of primary amides is 2. The lowest BCUT2D eigenvalue weighted by Crippen LogP contribution is -2.44. The second kappa shape index (κ2) is 3.02. The lowest BCUT2D eigenvalue weighted by Gasteiger charge is -2.23. The van der Waals surface area contributed by atoms with E-state index in [0.29, 0.717) is 0 Å². The summed E-state index contributed by atoms with van der Waals surface area (Å²) >= 11 is 0. The first-order valence-corrected chi connectivity index (χ1v) is 3.66. The number of carbonyl (C=O) groups is 2. The van der Waals surface area contributed by atoms with E-state index in [1.165, 1.54) is 18.2 Å². The fourth-order valence-electron chi connectivity index (χ4n) is 1.07. The zero-order valence-electron chi connectivity index (χ0n) is 6.86. The van der Waals surface area contributed by atoms with Gasteiger partial charge in [-0.25, -0.2) is 0 Å². The number of allylic oxidation sites excluding steroid dienone is 2. The highest BCUT2D eigenvalue weighted by atomic mass is 16.3. The van der Waals surface area contributed by atoms with Gasteiger partial charge in [0.05, 0.1) is 0 Å². The van der Waals surface area contributed by atoms with Gasteiger partial charge in [-0.05, 0) is 6.08 Å². The third-order valence-corrected chi connectivity index (χ3v) is 1.87. The van der Waals surface area contributed by atoms with E-state index >= 15 is 0 Å². The van der Waals surface area contributed by atoms with Crippen LogP contribution in [0.5, 0.6) is 0 Å². The minimum absolute atomic E-state index is 0.159. The molecule has 1 aliphatic carbocycles. The van der Waals surface area contributed by atoms with Crippen molar-refractivity contribution in [1.29, 1.82) is 0 Å². The summed E-state index contributed by atoms with van der Waals surface area (Å²) in [6, 6.07) is 0. The second-order valence-corrected chi connectivity index (χ2v) is 2.88. The average Bonchev–Trinajstić information content (AvgIpc) is 2.04. The highest BCUT2D eigenvalue weighted by molar-refractivity contribution is 5.96. The molecule has 1 unspecified atom stereocenters. The molecule has 5 nitrogen and oxygen atoms in total. The van der Waals surface area contributed by atoms with Crippen LogP contribution >= 0.6 is 0 Å². The predicted molar refractivity (Wildman–Crippen MR) is 45.2 cm³/mol. The van der Waals surface area contributed by atoms with Gasteiger partial charge >= 0.3 is 0 Å². The van der Waals surface area contributed by atoms with Crippen LogP contribution in [0.2, 0.25) is 0 Å². The minimum atomic E-state index is -1.78. The first kappa shape index (κ1) is 9.47. The summed E-state index contributed by atoms with van der Waals surface area (Å²) in [5.41, 5.74) is 8.33. The minimum Gasteiger partial charge on any atom is -0.376 e. The predicted octanol–water partition coefficient (Wildman–Crippen LogP) is -1.43. The van der Waals surface area contributed by atoms with E-state index in [-0.39, 0.29) is 12.0 Å². The van der Waals surface area contributed by atoms with Gasteiger partial charge in [0.1, 0.15) is 0 Å². The summed E-state index contributed by atoms with van der Waals surface area (Å²) in [7, 11) is 0.